The molecule has 2 N–H and O–H groups in total. The molecule has 1 aliphatic carbocycles. The van der Waals surface area contributed by atoms with E-state index in [1.54, 1.807) is 7.11 Å². The van der Waals surface area contributed by atoms with Gasteiger partial charge in [-0.25, -0.2) is 0 Å². The van der Waals surface area contributed by atoms with Crippen molar-refractivity contribution in [2.24, 2.45) is 11.3 Å². The van der Waals surface area contributed by atoms with Crippen LogP contribution in [-0.2, 0) is 4.74 Å². The molecule has 0 aromatic carbocycles. The third-order valence-corrected chi connectivity index (χ3v) is 3.58. The Bertz CT molecular complexity index is 206. The Labute approximate surface area is 99.6 Å². The molecule has 0 heterocycles. The van der Waals surface area contributed by atoms with Gasteiger partial charge in [-0.05, 0) is 37.1 Å². The minimum Gasteiger partial charge on any atom is -0.391 e. The highest BCUT2D eigenvalue weighted by atomic mass is 16.5. The van der Waals surface area contributed by atoms with Crippen molar-refractivity contribution < 1.29 is 9.84 Å². The van der Waals surface area contributed by atoms with Crippen molar-refractivity contribution in [3.8, 4) is 0 Å². The molecule has 0 aliphatic heterocycles. The summed E-state index contributed by atoms with van der Waals surface area (Å²) >= 11 is 0. The maximum absolute atomic E-state index is 9.53. The van der Waals surface area contributed by atoms with Crippen molar-refractivity contribution in [3.05, 3.63) is 0 Å². The summed E-state index contributed by atoms with van der Waals surface area (Å²) in [5, 5.41) is 13.1. The molecule has 1 rings (SSSR count). The predicted molar refractivity (Wildman–Crippen MR) is 66.5 cm³/mol. The van der Waals surface area contributed by atoms with E-state index in [2.05, 4.69) is 26.1 Å². The van der Waals surface area contributed by atoms with Crippen LogP contribution in [0.4, 0.5) is 0 Å². The quantitative estimate of drug-likeness (QED) is 0.730. The van der Waals surface area contributed by atoms with Gasteiger partial charge in [0.05, 0.1) is 12.7 Å². The van der Waals surface area contributed by atoms with Crippen molar-refractivity contribution in [2.45, 2.75) is 52.2 Å². The lowest BCUT2D eigenvalue weighted by molar-refractivity contribution is 0.0587. The van der Waals surface area contributed by atoms with Crippen molar-refractivity contribution in [3.63, 3.8) is 0 Å². The fourth-order valence-corrected chi connectivity index (χ4v) is 2.88. The molecule has 3 atom stereocenters. The largest absolute Gasteiger partial charge is 0.391 e. The lowest BCUT2D eigenvalue weighted by atomic mass is 9.91. The monoisotopic (exact) mass is 229 g/mol. The highest BCUT2D eigenvalue weighted by molar-refractivity contribution is 4.91. The maximum atomic E-state index is 9.53. The van der Waals surface area contributed by atoms with Gasteiger partial charge in [-0.2, -0.15) is 0 Å². The number of methoxy groups -OCH3 is 1. The molecule has 0 aromatic rings. The van der Waals surface area contributed by atoms with Crippen LogP contribution in [0.2, 0.25) is 0 Å². The van der Waals surface area contributed by atoms with Crippen molar-refractivity contribution in [2.75, 3.05) is 20.3 Å². The van der Waals surface area contributed by atoms with Crippen LogP contribution in [0.5, 0.6) is 0 Å². The summed E-state index contributed by atoms with van der Waals surface area (Å²) in [6.07, 6.45) is 2.99. The van der Waals surface area contributed by atoms with Crippen LogP contribution in [0.25, 0.3) is 0 Å². The van der Waals surface area contributed by atoms with E-state index in [0.717, 1.165) is 18.9 Å². The number of rotatable bonds is 6. The van der Waals surface area contributed by atoms with Gasteiger partial charge in [0, 0.05) is 13.2 Å². The first-order valence-electron chi connectivity index (χ1n) is 6.35. The summed E-state index contributed by atoms with van der Waals surface area (Å²) in [5.74, 6) is 0.745. The zero-order valence-electron chi connectivity index (χ0n) is 11.1. The molecule has 0 unspecified atom stereocenters. The van der Waals surface area contributed by atoms with Crippen molar-refractivity contribution in [1.29, 1.82) is 0 Å². The second-order valence-corrected chi connectivity index (χ2v) is 6.01. The molecule has 1 saturated carbocycles. The zero-order chi connectivity index (χ0) is 12.2. The Morgan fingerprint density at radius 3 is 2.62 bits per heavy atom. The third-order valence-electron chi connectivity index (χ3n) is 3.58. The summed E-state index contributed by atoms with van der Waals surface area (Å²) in [6.45, 7) is 8.32. The molecule has 0 spiro atoms. The first-order chi connectivity index (χ1) is 7.44. The third kappa shape index (κ3) is 4.40. The number of aliphatic hydroxyl groups excluding tert-OH is 1. The second-order valence-electron chi connectivity index (χ2n) is 6.01. The number of nitrogens with one attached hydrogen (secondary N) is 1. The van der Waals surface area contributed by atoms with Gasteiger partial charge in [0.15, 0.2) is 0 Å². The Morgan fingerprint density at radius 1 is 1.44 bits per heavy atom. The SMILES string of the molecule is COC[C@H](O)CCN[C@@H]1CC(C)(C)C[C@H]1C. The number of ether oxygens (including phenoxy) is 1. The number of hydrogen-bond acceptors (Lipinski definition) is 3. The smallest absolute Gasteiger partial charge is 0.0785 e. The Kier molecular flexibility index (Phi) is 5.22. The summed E-state index contributed by atoms with van der Waals surface area (Å²) in [7, 11) is 1.62. The van der Waals surface area contributed by atoms with E-state index in [0.29, 0.717) is 18.1 Å². The molecule has 16 heavy (non-hydrogen) atoms. The van der Waals surface area contributed by atoms with Crippen LogP contribution in [-0.4, -0.2) is 37.5 Å². The van der Waals surface area contributed by atoms with Crippen LogP contribution in [0.1, 0.15) is 40.0 Å². The summed E-state index contributed by atoms with van der Waals surface area (Å²) in [6, 6.07) is 0.616. The molecule has 0 aromatic heterocycles. The van der Waals surface area contributed by atoms with E-state index in [1.165, 1.54) is 12.8 Å². The van der Waals surface area contributed by atoms with Gasteiger partial charge in [0.1, 0.15) is 0 Å². The topological polar surface area (TPSA) is 41.5 Å². The van der Waals surface area contributed by atoms with Gasteiger partial charge in [-0.15, -0.1) is 0 Å². The first kappa shape index (κ1) is 13.9. The normalized spacial score (nSPS) is 30.6. The summed E-state index contributed by atoms with van der Waals surface area (Å²) in [5.41, 5.74) is 0.474. The fourth-order valence-electron chi connectivity index (χ4n) is 2.88. The van der Waals surface area contributed by atoms with Gasteiger partial charge >= 0.3 is 0 Å². The first-order valence-corrected chi connectivity index (χ1v) is 6.35. The van der Waals surface area contributed by atoms with Gasteiger partial charge in [-0.3, -0.25) is 0 Å². The van der Waals surface area contributed by atoms with Gasteiger partial charge in [0.2, 0.25) is 0 Å². The van der Waals surface area contributed by atoms with Crippen LogP contribution < -0.4 is 5.32 Å². The van der Waals surface area contributed by atoms with E-state index in [9.17, 15) is 5.11 Å². The summed E-state index contributed by atoms with van der Waals surface area (Å²) in [4.78, 5) is 0. The van der Waals surface area contributed by atoms with Crippen LogP contribution in [0.15, 0.2) is 0 Å². The molecular weight excluding hydrogens is 202 g/mol. The fraction of sp³-hybridized carbons (Fsp3) is 1.00. The zero-order valence-corrected chi connectivity index (χ0v) is 11.1. The number of aliphatic hydroxyl groups is 1. The molecule has 3 heteroatoms. The van der Waals surface area contributed by atoms with Gasteiger partial charge < -0.3 is 15.2 Å². The molecule has 1 aliphatic rings. The van der Waals surface area contributed by atoms with Crippen molar-refractivity contribution >= 4 is 0 Å². The van der Waals surface area contributed by atoms with Crippen LogP contribution in [0, 0.1) is 11.3 Å². The average Bonchev–Trinajstić information content (AvgIpc) is 2.40. The highest BCUT2D eigenvalue weighted by Crippen LogP contribution is 2.40. The Balaban J connectivity index is 2.18. The minimum absolute atomic E-state index is 0.331. The van der Waals surface area contributed by atoms with Gasteiger partial charge in [-0.1, -0.05) is 20.8 Å². The lowest BCUT2D eigenvalue weighted by Gasteiger charge is -2.19. The molecular formula is C13H27NO2. The molecule has 0 amide bonds. The maximum Gasteiger partial charge on any atom is 0.0785 e. The van der Waals surface area contributed by atoms with E-state index >= 15 is 0 Å². The Morgan fingerprint density at radius 2 is 2.12 bits per heavy atom. The lowest BCUT2D eigenvalue weighted by Crippen LogP contribution is -2.34. The predicted octanol–water partition coefficient (Wildman–Crippen LogP) is 1.80. The van der Waals surface area contributed by atoms with E-state index < -0.39 is 0 Å². The minimum atomic E-state index is -0.331. The molecule has 0 saturated heterocycles. The van der Waals surface area contributed by atoms with E-state index in [1.807, 2.05) is 0 Å². The molecule has 3 nitrogen and oxygen atoms in total. The standard InChI is InChI=1S/C13H27NO2/c1-10-7-13(2,3)8-12(10)14-6-5-11(15)9-16-4/h10-12,14-15H,5-9H2,1-4H3/t10-,11-,12-/m1/s1. The van der Waals surface area contributed by atoms with Crippen LogP contribution >= 0.6 is 0 Å². The Hall–Kier alpha value is -0.120. The summed E-state index contributed by atoms with van der Waals surface area (Å²) < 4.78 is 4.90. The van der Waals surface area contributed by atoms with Gasteiger partial charge in [0.25, 0.3) is 0 Å². The molecule has 0 bridgehead atoms. The molecule has 1 fully saturated rings. The number of hydrogen-bond donors (Lipinski definition) is 2. The molecule has 96 valence electrons. The average molecular weight is 229 g/mol. The second kappa shape index (κ2) is 5.99. The highest BCUT2D eigenvalue weighted by Gasteiger charge is 2.36. The van der Waals surface area contributed by atoms with Crippen molar-refractivity contribution in [1.82, 2.24) is 5.32 Å². The van der Waals surface area contributed by atoms with E-state index in [-0.39, 0.29) is 6.10 Å². The molecule has 0 radical (unpaired) electrons. The van der Waals surface area contributed by atoms with E-state index in [4.69, 9.17) is 4.74 Å². The van der Waals surface area contributed by atoms with Crippen LogP contribution in [0.3, 0.4) is 0 Å².